The maximum atomic E-state index is 12.0. The van der Waals surface area contributed by atoms with Crippen LogP contribution in [0.25, 0.3) is 0 Å². The third-order valence-corrected chi connectivity index (χ3v) is 2.59. The van der Waals surface area contributed by atoms with Crippen LogP contribution in [-0.2, 0) is 0 Å². The Hall–Kier alpha value is -2.50. The van der Waals surface area contributed by atoms with Crippen LogP contribution in [0.15, 0.2) is 30.0 Å². The smallest absolute Gasteiger partial charge is 0.281 e. The molecule has 0 saturated carbocycles. The normalized spacial score (nSPS) is 16.0. The third kappa shape index (κ3) is 1.67. The number of nitro groups is 1. The Kier molecular flexibility index (Phi) is 2.70. The van der Waals surface area contributed by atoms with E-state index in [1.54, 1.807) is 19.0 Å². The topological polar surface area (TPSA) is 80.5 Å². The quantitative estimate of drug-likeness (QED) is 0.341. The fourth-order valence-electron chi connectivity index (χ4n) is 1.88. The molecule has 1 aromatic carbocycles. The lowest BCUT2D eigenvalue weighted by Gasteiger charge is -2.04. The van der Waals surface area contributed by atoms with Crippen molar-refractivity contribution in [1.82, 2.24) is 4.90 Å². The highest BCUT2D eigenvalue weighted by molar-refractivity contribution is 6.40. The van der Waals surface area contributed by atoms with Crippen LogP contribution in [0.5, 0.6) is 0 Å². The van der Waals surface area contributed by atoms with E-state index in [1.165, 1.54) is 24.4 Å². The zero-order chi connectivity index (χ0) is 13.4. The van der Waals surface area contributed by atoms with E-state index in [1.807, 2.05) is 0 Å². The van der Waals surface area contributed by atoms with Crippen molar-refractivity contribution in [3.63, 3.8) is 0 Å². The van der Waals surface area contributed by atoms with Crippen molar-refractivity contribution in [3.8, 4) is 0 Å². The van der Waals surface area contributed by atoms with Crippen LogP contribution in [0.2, 0.25) is 0 Å². The van der Waals surface area contributed by atoms with Gasteiger partial charge in [-0.1, -0.05) is 6.07 Å². The highest BCUT2D eigenvalue weighted by atomic mass is 16.6. The molecule has 0 saturated heterocycles. The van der Waals surface area contributed by atoms with Gasteiger partial charge < -0.3 is 4.90 Å². The Balaban J connectivity index is 2.67. The van der Waals surface area contributed by atoms with Crippen LogP contribution in [-0.4, -0.2) is 35.5 Å². The molecule has 6 heteroatoms. The van der Waals surface area contributed by atoms with E-state index < -0.39 is 16.5 Å². The lowest BCUT2D eigenvalue weighted by atomic mass is 10.1. The number of nitrogens with zero attached hydrogens (tertiary/aromatic N) is 2. The SMILES string of the molecule is CN(C)/C=C1\C(=O)c2cccc([N+](=O)[O-])c2C1=O. The Morgan fingerprint density at radius 2 is 1.89 bits per heavy atom. The third-order valence-electron chi connectivity index (χ3n) is 2.59. The molecule has 0 radical (unpaired) electrons. The van der Waals surface area contributed by atoms with Crippen LogP contribution < -0.4 is 0 Å². The summed E-state index contributed by atoms with van der Waals surface area (Å²) in [5.41, 5.74) is -0.375. The molecule has 0 amide bonds. The van der Waals surface area contributed by atoms with E-state index in [4.69, 9.17) is 0 Å². The van der Waals surface area contributed by atoms with E-state index in [2.05, 4.69) is 0 Å². The van der Waals surface area contributed by atoms with Crippen LogP contribution in [0.3, 0.4) is 0 Å². The number of fused-ring (bicyclic) bond motifs is 1. The van der Waals surface area contributed by atoms with E-state index in [9.17, 15) is 19.7 Å². The fourth-order valence-corrected chi connectivity index (χ4v) is 1.88. The second kappa shape index (κ2) is 4.06. The number of Topliss-reactive ketones (excluding diaryl/α,β-unsaturated/α-hetero) is 2. The molecule has 2 rings (SSSR count). The summed E-state index contributed by atoms with van der Waals surface area (Å²) in [4.78, 5) is 35.8. The number of hydrogen-bond donors (Lipinski definition) is 0. The Morgan fingerprint density at radius 3 is 2.44 bits per heavy atom. The molecule has 6 nitrogen and oxygen atoms in total. The fraction of sp³-hybridized carbons (Fsp3) is 0.167. The summed E-state index contributed by atoms with van der Waals surface area (Å²) in [5, 5.41) is 10.9. The predicted molar refractivity (Wildman–Crippen MR) is 63.5 cm³/mol. The van der Waals surface area contributed by atoms with Crippen molar-refractivity contribution >= 4 is 17.3 Å². The van der Waals surface area contributed by atoms with Crippen molar-refractivity contribution in [2.75, 3.05) is 14.1 Å². The molecule has 0 bridgehead atoms. The second-order valence-electron chi connectivity index (χ2n) is 4.12. The predicted octanol–water partition coefficient (Wildman–Crippen LogP) is 1.42. The molecule has 18 heavy (non-hydrogen) atoms. The van der Waals surface area contributed by atoms with Crippen LogP contribution >= 0.6 is 0 Å². The Bertz CT molecular complexity index is 602. The summed E-state index contributed by atoms with van der Waals surface area (Å²) >= 11 is 0. The molecular weight excluding hydrogens is 236 g/mol. The van der Waals surface area contributed by atoms with Gasteiger partial charge in [0.25, 0.3) is 5.69 Å². The molecule has 92 valence electrons. The highest BCUT2D eigenvalue weighted by Gasteiger charge is 2.38. The van der Waals surface area contributed by atoms with Gasteiger partial charge in [-0.05, 0) is 6.07 Å². The van der Waals surface area contributed by atoms with E-state index in [0.717, 1.165) is 0 Å². The molecule has 0 atom stereocenters. The minimum Gasteiger partial charge on any atom is -0.383 e. The van der Waals surface area contributed by atoms with Crippen LogP contribution in [0, 0.1) is 10.1 Å². The molecule has 1 aliphatic carbocycles. The molecular formula is C12H10N2O4. The summed E-state index contributed by atoms with van der Waals surface area (Å²) in [6.07, 6.45) is 1.38. The highest BCUT2D eigenvalue weighted by Crippen LogP contribution is 2.33. The van der Waals surface area contributed by atoms with Gasteiger partial charge in [0, 0.05) is 31.9 Å². The van der Waals surface area contributed by atoms with Gasteiger partial charge in [0.2, 0.25) is 5.78 Å². The van der Waals surface area contributed by atoms with Crippen LogP contribution in [0.4, 0.5) is 5.69 Å². The first-order valence-electron chi connectivity index (χ1n) is 5.18. The minimum absolute atomic E-state index is 0.0377. The molecule has 0 aromatic heterocycles. The number of ketones is 2. The molecule has 0 aliphatic heterocycles. The maximum Gasteiger partial charge on any atom is 0.281 e. The molecule has 0 heterocycles. The largest absolute Gasteiger partial charge is 0.383 e. The van der Waals surface area contributed by atoms with Gasteiger partial charge in [-0.3, -0.25) is 19.7 Å². The van der Waals surface area contributed by atoms with Crippen molar-refractivity contribution in [1.29, 1.82) is 0 Å². The molecule has 1 aliphatic rings. The summed E-state index contributed by atoms with van der Waals surface area (Å²) in [6, 6.07) is 4.06. The first-order chi connectivity index (χ1) is 8.43. The number of allylic oxidation sites excluding steroid dienone is 1. The number of benzene rings is 1. The first-order valence-corrected chi connectivity index (χ1v) is 5.18. The van der Waals surface area contributed by atoms with Gasteiger partial charge in [-0.15, -0.1) is 0 Å². The lowest BCUT2D eigenvalue weighted by Crippen LogP contribution is -2.09. The zero-order valence-corrected chi connectivity index (χ0v) is 9.84. The van der Waals surface area contributed by atoms with E-state index >= 15 is 0 Å². The summed E-state index contributed by atoms with van der Waals surface area (Å²) in [5.74, 6) is -1.05. The maximum absolute atomic E-state index is 12.0. The summed E-state index contributed by atoms with van der Waals surface area (Å²) in [7, 11) is 3.34. The molecule has 0 fully saturated rings. The minimum atomic E-state index is -0.650. The van der Waals surface area contributed by atoms with Crippen molar-refractivity contribution < 1.29 is 14.5 Å². The summed E-state index contributed by atoms with van der Waals surface area (Å²) < 4.78 is 0. The van der Waals surface area contributed by atoms with Crippen LogP contribution in [0.1, 0.15) is 20.7 Å². The lowest BCUT2D eigenvalue weighted by molar-refractivity contribution is -0.385. The number of carbonyl (C=O) groups excluding carboxylic acids is 2. The second-order valence-corrected chi connectivity index (χ2v) is 4.12. The Labute approximate surface area is 103 Å². The van der Waals surface area contributed by atoms with Gasteiger partial charge >= 0.3 is 0 Å². The van der Waals surface area contributed by atoms with Gasteiger partial charge in [0.05, 0.1) is 10.5 Å². The molecule has 0 unspecified atom stereocenters. The van der Waals surface area contributed by atoms with Gasteiger partial charge in [0.15, 0.2) is 5.78 Å². The van der Waals surface area contributed by atoms with Crippen molar-refractivity contribution in [2.45, 2.75) is 0 Å². The van der Waals surface area contributed by atoms with E-state index in [-0.39, 0.29) is 22.4 Å². The summed E-state index contributed by atoms with van der Waals surface area (Å²) in [6.45, 7) is 0. The average Bonchev–Trinajstić information content (AvgIpc) is 2.54. The number of nitro benzene ring substituents is 1. The number of rotatable bonds is 2. The molecule has 0 N–H and O–H groups in total. The van der Waals surface area contributed by atoms with E-state index in [0.29, 0.717) is 0 Å². The molecule has 0 spiro atoms. The Morgan fingerprint density at radius 1 is 1.22 bits per heavy atom. The number of carbonyl (C=O) groups is 2. The van der Waals surface area contributed by atoms with Gasteiger partial charge in [-0.2, -0.15) is 0 Å². The molecule has 1 aromatic rings. The first kappa shape index (κ1) is 12.0. The monoisotopic (exact) mass is 246 g/mol. The van der Waals surface area contributed by atoms with Crippen molar-refractivity contribution in [3.05, 3.63) is 51.2 Å². The number of hydrogen-bond acceptors (Lipinski definition) is 5. The zero-order valence-electron chi connectivity index (χ0n) is 9.84. The standard InChI is InChI=1S/C12H10N2O4/c1-13(2)6-8-11(15)7-4-3-5-9(14(17)18)10(7)12(8)16/h3-6H,1-2H3/b8-6+. The average molecular weight is 246 g/mol. The van der Waals surface area contributed by atoms with Gasteiger partial charge in [-0.25, -0.2) is 0 Å². The van der Waals surface area contributed by atoms with Gasteiger partial charge in [0.1, 0.15) is 5.56 Å². The van der Waals surface area contributed by atoms with Crippen molar-refractivity contribution in [2.24, 2.45) is 0 Å².